The third-order valence-corrected chi connectivity index (χ3v) is 6.34. The van der Waals surface area contributed by atoms with E-state index in [0.717, 1.165) is 52.3 Å². The van der Waals surface area contributed by atoms with Crippen LogP contribution in [0.15, 0.2) is 65.3 Å². The van der Waals surface area contributed by atoms with Crippen molar-refractivity contribution < 1.29 is 4.79 Å². The molecule has 6 nitrogen and oxygen atoms in total. The largest absolute Gasteiger partial charge is 0.338 e. The third kappa shape index (κ3) is 3.85. The summed E-state index contributed by atoms with van der Waals surface area (Å²) in [4.78, 5) is 20.0. The van der Waals surface area contributed by atoms with E-state index in [1.165, 1.54) is 0 Å². The summed E-state index contributed by atoms with van der Waals surface area (Å²) in [5.74, 6) is 1.13. The van der Waals surface area contributed by atoms with E-state index in [2.05, 4.69) is 26.1 Å². The van der Waals surface area contributed by atoms with Gasteiger partial charge in [-0.25, -0.2) is 0 Å². The minimum Gasteiger partial charge on any atom is -0.338 e. The summed E-state index contributed by atoms with van der Waals surface area (Å²) in [5, 5.41) is 8.69. The van der Waals surface area contributed by atoms with Gasteiger partial charge in [0.1, 0.15) is 5.82 Å². The van der Waals surface area contributed by atoms with Crippen molar-refractivity contribution in [2.45, 2.75) is 25.7 Å². The van der Waals surface area contributed by atoms with Crippen molar-refractivity contribution in [2.75, 3.05) is 13.1 Å². The highest BCUT2D eigenvalue weighted by atomic mass is 79.9. The molecule has 4 aromatic rings. The average molecular weight is 476 g/mol. The Balaban J connectivity index is 1.38. The maximum absolute atomic E-state index is 13.3. The number of nitrogens with zero attached hydrogens (tertiary/aromatic N) is 5. The van der Waals surface area contributed by atoms with Crippen LogP contribution < -0.4 is 0 Å². The predicted octanol–water partition coefficient (Wildman–Crippen LogP) is 4.88. The van der Waals surface area contributed by atoms with E-state index in [4.69, 9.17) is 4.98 Å². The number of amides is 1. The minimum atomic E-state index is 0.0318. The lowest BCUT2D eigenvalue weighted by Crippen LogP contribution is -2.40. The molecule has 0 N–H and O–H groups in total. The molecule has 3 aromatic heterocycles. The number of rotatable bonds is 3. The second kappa shape index (κ2) is 8.23. The summed E-state index contributed by atoms with van der Waals surface area (Å²) in [6.45, 7) is 3.29. The van der Waals surface area contributed by atoms with Crippen LogP contribution in [0.1, 0.15) is 40.6 Å². The van der Waals surface area contributed by atoms with Crippen LogP contribution in [0, 0.1) is 6.92 Å². The van der Waals surface area contributed by atoms with Crippen LogP contribution in [0.4, 0.5) is 0 Å². The summed E-state index contributed by atoms with van der Waals surface area (Å²) in [7, 11) is 0. The topological polar surface area (TPSA) is 63.4 Å². The van der Waals surface area contributed by atoms with E-state index in [-0.39, 0.29) is 11.8 Å². The fourth-order valence-corrected chi connectivity index (χ4v) is 4.68. The van der Waals surface area contributed by atoms with Crippen LogP contribution in [-0.2, 0) is 0 Å². The fourth-order valence-electron chi connectivity index (χ4n) is 4.28. The van der Waals surface area contributed by atoms with Gasteiger partial charge in [0.15, 0.2) is 5.65 Å². The van der Waals surface area contributed by atoms with Gasteiger partial charge in [-0.1, -0.05) is 34.1 Å². The minimum absolute atomic E-state index is 0.0318. The Morgan fingerprint density at radius 2 is 2.00 bits per heavy atom. The van der Waals surface area contributed by atoms with Crippen LogP contribution in [0.25, 0.3) is 16.9 Å². The van der Waals surface area contributed by atoms with Gasteiger partial charge in [0.2, 0.25) is 0 Å². The van der Waals surface area contributed by atoms with E-state index in [9.17, 15) is 4.79 Å². The number of carbonyl (C=O) groups excluding carboxylic acids is 1. The Bertz CT molecular complexity index is 1270. The highest BCUT2D eigenvalue weighted by molar-refractivity contribution is 9.10. The second-order valence-electron chi connectivity index (χ2n) is 7.92. The Hall–Kier alpha value is -3.06. The molecule has 5 rings (SSSR count). The van der Waals surface area contributed by atoms with Crippen LogP contribution >= 0.6 is 15.9 Å². The number of aryl methyl sites for hydroxylation is 1. The fraction of sp³-hybridized carbons (Fsp3) is 0.250. The molecule has 1 aliphatic heterocycles. The lowest BCUT2D eigenvalue weighted by Gasteiger charge is -2.32. The zero-order valence-electron chi connectivity index (χ0n) is 17.2. The number of pyridine rings is 2. The first-order valence-corrected chi connectivity index (χ1v) is 11.2. The van der Waals surface area contributed by atoms with Crippen LogP contribution in [-0.4, -0.2) is 43.5 Å². The average Bonchev–Trinajstić information content (AvgIpc) is 3.23. The molecule has 0 bridgehead atoms. The predicted molar refractivity (Wildman–Crippen MR) is 123 cm³/mol. The molecule has 0 aliphatic carbocycles. The molecule has 31 heavy (non-hydrogen) atoms. The lowest BCUT2D eigenvalue weighted by molar-refractivity contribution is 0.0703. The number of aromatic nitrogens is 4. The molecule has 4 heterocycles. The van der Waals surface area contributed by atoms with Crippen molar-refractivity contribution in [1.82, 2.24) is 24.5 Å². The van der Waals surface area contributed by atoms with Gasteiger partial charge in [-0.3, -0.25) is 14.2 Å². The summed E-state index contributed by atoms with van der Waals surface area (Å²) < 4.78 is 3.03. The molecule has 1 aromatic carbocycles. The number of hydrogen-bond acceptors (Lipinski definition) is 4. The number of likely N-dealkylation sites (tertiary alicyclic amines) is 1. The van der Waals surface area contributed by atoms with Gasteiger partial charge in [-0.15, -0.1) is 10.2 Å². The smallest absolute Gasteiger partial charge is 0.255 e. The van der Waals surface area contributed by atoms with Gasteiger partial charge in [0.05, 0.1) is 17.0 Å². The van der Waals surface area contributed by atoms with Crippen LogP contribution in [0.3, 0.4) is 0 Å². The number of piperidine rings is 1. The normalized spacial score (nSPS) is 16.6. The van der Waals surface area contributed by atoms with Gasteiger partial charge in [0.25, 0.3) is 5.91 Å². The van der Waals surface area contributed by atoms with E-state index >= 15 is 0 Å². The Kier molecular flexibility index (Phi) is 5.28. The maximum atomic E-state index is 13.3. The van der Waals surface area contributed by atoms with Crippen molar-refractivity contribution in [2.24, 2.45) is 0 Å². The summed E-state index contributed by atoms with van der Waals surface area (Å²) >= 11 is 3.50. The number of carbonyl (C=O) groups is 1. The molecule has 1 unspecified atom stereocenters. The first-order chi connectivity index (χ1) is 15.1. The molecule has 7 heteroatoms. The third-order valence-electron chi connectivity index (χ3n) is 5.85. The number of hydrogen-bond donors (Lipinski definition) is 0. The van der Waals surface area contributed by atoms with Crippen LogP contribution in [0.5, 0.6) is 0 Å². The van der Waals surface area contributed by atoms with E-state index in [0.29, 0.717) is 12.1 Å². The van der Waals surface area contributed by atoms with Crippen molar-refractivity contribution in [3.05, 3.63) is 82.3 Å². The monoisotopic (exact) mass is 475 g/mol. The molecule has 1 saturated heterocycles. The molecule has 0 radical (unpaired) electrons. The zero-order chi connectivity index (χ0) is 21.4. The molecular weight excluding hydrogens is 454 g/mol. The van der Waals surface area contributed by atoms with Crippen LogP contribution in [0.2, 0.25) is 0 Å². The van der Waals surface area contributed by atoms with E-state index in [1.807, 2.05) is 77.0 Å². The van der Waals surface area contributed by atoms with E-state index in [1.54, 1.807) is 0 Å². The Morgan fingerprint density at radius 1 is 1.10 bits per heavy atom. The summed E-state index contributed by atoms with van der Waals surface area (Å²) in [6, 6.07) is 17.7. The van der Waals surface area contributed by atoms with Gasteiger partial charge >= 0.3 is 0 Å². The Morgan fingerprint density at radius 3 is 2.84 bits per heavy atom. The molecule has 1 atom stereocenters. The van der Waals surface area contributed by atoms with E-state index < -0.39 is 0 Å². The van der Waals surface area contributed by atoms with Crippen molar-refractivity contribution in [1.29, 1.82) is 0 Å². The van der Waals surface area contributed by atoms with Crippen molar-refractivity contribution in [3.63, 3.8) is 0 Å². The number of fused-ring (bicyclic) bond motifs is 1. The SMILES string of the molecule is Cc1nc(-c2cccc(Br)c2)ccc1C(=O)N1CCCC(c2nnc3ccccn23)C1. The van der Waals surface area contributed by atoms with Gasteiger partial charge in [-0.2, -0.15) is 0 Å². The molecule has 156 valence electrons. The first-order valence-electron chi connectivity index (χ1n) is 10.4. The summed E-state index contributed by atoms with van der Waals surface area (Å²) in [6.07, 6.45) is 3.93. The number of benzene rings is 1. The van der Waals surface area contributed by atoms with Gasteiger partial charge in [0, 0.05) is 35.2 Å². The van der Waals surface area contributed by atoms with Gasteiger partial charge < -0.3 is 4.90 Å². The molecule has 0 saturated carbocycles. The lowest BCUT2D eigenvalue weighted by atomic mass is 9.96. The molecule has 1 amide bonds. The standard InChI is InChI=1S/C24H22BrN5O/c1-16-20(10-11-21(26-16)17-6-4-8-19(25)14-17)24(31)29-12-5-7-18(15-29)23-28-27-22-9-2-3-13-30(22)23/h2-4,6,8-11,13-14,18H,5,7,12,15H2,1H3. The summed E-state index contributed by atoms with van der Waals surface area (Å²) in [5.41, 5.74) is 4.13. The molecule has 0 spiro atoms. The maximum Gasteiger partial charge on any atom is 0.255 e. The van der Waals surface area contributed by atoms with Gasteiger partial charge in [-0.05, 0) is 56.2 Å². The molecular formula is C24H22BrN5O. The second-order valence-corrected chi connectivity index (χ2v) is 8.83. The highest BCUT2D eigenvalue weighted by Gasteiger charge is 2.29. The van der Waals surface area contributed by atoms with Crippen molar-refractivity contribution >= 4 is 27.5 Å². The number of halogens is 1. The first kappa shape index (κ1) is 19.9. The quantitative estimate of drug-likeness (QED) is 0.423. The zero-order valence-corrected chi connectivity index (χ0v) is 18.8. The molecule has 1 aliphatic rings. The molecule has 1 fully saturated rings. The Labute approximate surface area is 189 Å². The highest BCUT2D eigenvalue weighted by Crippen LogP contribution is 2.28. The van der Waals surface area contributed by atoms with Crippen molar-refractivity contribution in [3.8, 4) is 11.3 Å².